The number of hydrogen-bond acceptors (Lipinski definition) is 0. The highest BCUT2D eigenvalue weighted by Gasteiger charge is 2.00. The summed E-state index contributed by atoms with van der Waals surface area (Å²) in [5.41, 5.74) is 0. The lowest BCUT2D eigenvalue weighted by atomic mass is 10.1. The van der Waals surface area contributed by atoms with E-state index >= 15 is 0 Å². The van der Waals surface area contributed by atoms with Gasteiger partial charge in [-0.2, -0.15) is 0 Å². The van der Waals surface area contributed by atoms with Gasteiger partial charge in [-0.15, -0.1) is 11.6 Å². The molecule has 0 aromatic rings. The third-order valence-electron chi connectivity index (χ3n) is 2.79. The van der Waals surface area contributed by atoms with Crippen LogP contribution in [0.3, 0.4) is 0 Å². The van der Waals surface area contributed by atoms with Crippen molar-refractivity contribution < 1.29 is 0 Å². The molecule has 0 heterocycles. The smallest absolute Gasteiger partial charge is 0.0349 e. The molecule has 0 saturated heterocycles. The molecule has 92 valence electrons. The zero-order valence-electron chi connectivity index (χ0n) is 10.1. The van der Waals surface area contributed by atoms with E-state index in [1.165, 1.54) is 64.2 Å². The lowest BCUT2D eigenvalue weighted by molar-refractivity contribution is 0.557. The van der Waals surface area contributed by atoms with E-state index in [0.717, 1.165) is 5.88 Å². The molecular weight excluding hydrogens is 272 g/mol. The highest BCUT2D eigenvalue weighted by atomic mass is 79.9. The van der Waals surface area contributed by atoms with Crippen molar-refractivity contribution in [2.45, 2.75) is 76.0 Å². The minimum Gasteiger partial charge on any atom is -0.126 e. The standard InChI is InChI=1S/C13H26BrCl/c1-2-3-4-5-6-7-8-9-10-11-13(14)12-15/h13H,2-12H2,1H3. The zero-order chi connectivity index (χ0) is 11.4. The summed E-state index contributed by atoms with van der Waals surface area (Å²) in [5, 5.41) is 0. The number of unbranched alkanes of at least 4 members (excludes halogenated alkanes) is 8. The molecule has 0 radical (unpaired) electrons. The molecule has 0 N–H and O–H groups in total. The average Bonchev–Trinajstić information content (AvgIpc) is 2.26. The van der Waals surface area contributed by atoms with E-state index in [4.69, 9.17) is 11.6 Å². The van der Waals surface area contributed by atoms with Crippen LogP contribution < -0.4 is 0 Å². The molecule has 0 saturated carbocycles. The second kappa shape index (κ2) is 12.8. The first-order valence-corrected chi connectivity index (χ1v) is 7.96. The predicted octanol–water partition coefficient (Wildman–Crippen LogP) is 5.91. The van der Waals surface area contributed by atoms with Gasteiger partial charge in [-0.05, 0) is 6.42 Å². The van der Waals surface area contributed by atoms with Crippen LogP contribution in [0, 0.1) is 0 Å². The molecule has 1 atom stereocenters. The largest absolute Gasteiger partial charge is 0.126 e. The summed E-state index contributed by atoms with van der Waals surface area (Å²) >= 11 is 9.27. The second-order valence-electron chi connectivity index (χ2n) is 4.37. The minimum atomic E-state index is 0.531. The number of hydrogen-bond donors (Lipinski definition) is 0. The van der Waals surface area contributed by atoms with Crippen molar-refractivity contribution in [2.75, 3.05) is 5.88 Å². The van der Waals surface area contributed by atoms with E-state index in [-0.39, 0.29) is 0 Å². The van der Waals surface area contributed by atoms with Crippen LogP contribution in [0.5, 0.6) is 0 Å². The van der Waals surface area contributed by atoms with Gasteiger partial charge in [-0.25, -0.2) is 0 Å². The molecule has 0 spiro atoms. The quantitative estimate of drug-likeness (QED) is 0.328. The Kier molecular flexibility index (Phi) is 13.5. The topological polar surface area (TPSA) is 0 Å². The lowest BCUT2D eigenvalue weighted by Gasteiger charge is -2.05. The second-order valence-corrected chi connectivity index (χ2v) is 5.97. The van der Waals surface area contributed by atoms with Crippen LogP contribution in [0.15, 0.2) is 0 Å². The first kappa shape index (κ1) is 15.8. The molecule has 0 aromatic carbocycles. The Morgan fingerprint density at radius 2 is 1.33 bits per heavy atom. The molecule has 15 heavy (non-hydrogen) atoms. The SMILES string of the molecule is CCCCCCCCCCCC(Br)CCl. The number of alkyl halides is 2. The summed E-state index contributed by atoms with van der Waals surface area (Å²) in [4.78, 5) is 0.531. The van der Waals surface area contributed by atoms with Crippen LogP contribution in [-0.4, -0.2) is 10.7 Å². The third-order valence-corrected chi connectivity index (χ3v) is 4.32. The van der Waals surface area contributed by atoms with Crippen LogP contribution in [0.1, 0.15) is 71.1 Å². The number of rotatable bonds is 11. The molecule has 0 rings (SSSR count). The van der Waals surface area contributed by atoms with Crippen molar-refractivity contribution in [1.82, 2.24) is 0 Å². The van der Waals surface area contributed by atoms with Crippen LogP contribution in [0.2, 0.25) is 0 Å². The molecular formula is C13H26BrCl. The minimum absolute atomic E-state index is 0.531. The Balaban J connectivity index is 2.92. The summed E-state index contributed by atoms with van der Waals surface area (Å²) in [6.45, 7) is 2.27. The van der Waals surface area contributed by atoms with Crippen LogP contribution in [0.25, 0.3) is 0 Å². The summed E-state index contributed by atoms with van der Waals surface area (Å²) in [6, 6.07) is 0. The molecule has 0 aliphatic carbocycles. The first-order chi connectivity index (χ1) is 7.31. The summed E-state index contributed by atoms with van der Waals surface area (Å²) in [5.74, 6) is 0.747. The molecule has 0 aromatic heterocycles. The molecule has 0 bridgehead atoms. The summed E-state index contributed by atoms with van der Waals surface area (Å²) in [6.07, 6.45) is 13.9. The summed E-state index contributed by atoms with van der Waals surface area (Å²) < 4.78 is 0. The molecule has 0 fully saturated rings. The number of halogens is 2. The van der Waals surface area contributed by atoms with Gasteiger partial charge in [0.15, 0.2) is 0 Å². The van der Waals surface area contributed by atoms with Crippen molar-refractivity contribution in [1.29, 1.82) is 0 Å². The van der Waals surface area contributed by atoms with E-state index in [2.05, 4.69) is 22.9 Å². The molecule has 0 aliphatic rings. The predicted molar refractivity (Wildman–Crippen MR) is 75.3 cm³/mol. The highest BCUT2D eigenvalue weighted by molar-refractivity contribution is 9.09. The van der Waals surface area contributed by atoms with E-state index in [1.807, 2.05) is 0 Å². The molecule has 1 unspecified atom stereocenters. The van der Waals surface area contributed by atoms with Gasteiger partial charge in [0, 0.05) is 10.7 Å². The normalized spacial score (nSPS) is 13.0. The first-order valence-electron chi connectivity index (χ1n) is 6.51. The fourth-order valence-corrected chi connectivity index (χ4v) is 2.23. The summed E-state index contributed by atoms with van der Waals surface area (Å²) in [7, 11) is 0. The molecule has 2 heteroatoms. The van der Waals surface area contributed by atoms with Gasteiger partial charge in [0.2, 0.25) is 0 Å². The van der Waals surface area contributed by atoms with Gasteiger partial charge in [0.1, 0.15) is 0 Å². The maximum atomic E-state index is 5.72. The van der Waals surface area contributed by atoms with Crippen LogP contribution in [-0.2, 0) is 0 Å². The Morgan fingerprint density at radius 3 is 1.80 bits per heavy atom. The monoisotopic (exact) mass is 296 g/mol. The van der Waals surface area contributed by atoms with E-state index in [9.17, 15) is 0 Å². The molecule has 0 aliphatic heterocycles. The Morgan fingerprint density at radius 1 is 0.867 bits per heavy atom. The fourth-order valence-electron chi connectivity index (χ4n) is 1.75. The van der Waals surface area contributed by atoms with Crippen molar-refractivity contribution in [2.24, 2.45) is 0 Å². The van der Waals surface area contributed by atoms with Crippen LogP contribution >= 0.6 is 27.5 Å². The highest BCUT2D eigenvalue weighted by Crippen LogP contribution is 2.14. The van der Waals surface area contributed by atoms with Gasteiger partial charge in [-0.3, -0.25) is 0 Å². The van der Waals surface area contributed by atoms with Gasteiger partial charge in [-0.1, -0.05) is 80.6 Å². The van der Waals surface area contributed by atoms with Crippen LogP contribution in [0.4, 0.5) is 0 Å². The van der Waals surface area contributed by atoms with E-state index in [0.29, 0.717) is 4.83 Å². The van der Waals surface area contributed by atoms with E-state index < -0.39 is 0 Å². The van der Waals surface area contributed by atoms with Crippen molar-refractivity contribution in [3.8, 4) is 0 Å². The molecule has 0 nitrogen and oxygen atoms in total. The van der Waals surface area contributed by atoms with Gasteiger partial charge < -0.3 is 0 Å². The van der Waals surface area contributed by atoms with Crippen molar-refractivity contribution >= 4 is 27.5 Å². The zero-order valence-corrected chi connectivity index (χ0v) is 12.5. The maximum Gasteiger partial charge on any atom is 0.0349 e. The Labute approximate surface area is 109 Å². The average molecular weight is 298 g/mol. The van der Waals surface area contributed by atoms with Gasteiger partial charge >= 0.3 is 0 Å². The molecule has 0 amide bonds. The lowest BCUT2D eigenvalue weighted by Crippen LogP contribution is -1.98. The van der Waals surface area contributed by atoms with Crippen molar-refractivity contribution in [3.63, 3.8) is 0 Å². The fraction of sp³-hybridized carbons (Fsp3) is 1.00. The Bertz CT molecular complexity index is 117. The van der Waals surface area contributed by atoms with Gasteiger partial charge in [0.05, 0.1) is 0 Å². The van der Waals surface area contributed by atoms with E-state index in [1.54, 1.807) is 0 Å². The maximum absolute atomic E-state index is 5.72. The third kappa shape index (κ3) is 12.7. The Hall–Kier alpha value is 0.770. The van der Waals surface area contributed by atoms with Crippen molar-refractivity contribution in [3.05, 3.63) is 0 Å². The van der Waals surface area contributed by atoms with Gasteiger partial charge in [0.25, 0.3) is 0 Å².